The summed E-state index contributed by atoms with van der Waals surface area (Å²) in [5.74, 6) is 0.633. The largest absolute Gasteiger partial charge is 0.497 e. The summed E-state index contributed by atoms with van der Waals surface area (Å²) < 4.78 is 39.7. The van der Waals surface area contributed by atoms with Crippen molar-refractivity contribution in [3.05, 3.63) is 35.7 Å². The summed E-state index contributed by atoms with van der Waals surface area (Å²) in [7, 11) is 1.10. The lowest BCUT2D eigenvalue weighted by Crippen LogP contribution is -2.35. The van der Waals surface area contributed by atoms with Gasteiger partial charge in [0.1, 0.15) is 22.1 Å². The smallest absolute Gasteiger partial charge is 0.272 e. The van der Waals surface area contributed by atoms with E-state index in [2.05, 4.69) is 5.32 Å². The fraction of sp³-hybridized carbons (Fsp3) is 0.450. The summed E-state index contributed by atoms with van der Waals surface area (Å²) in [6.45, 7) is 2.74. The number of hydrogen-bond donors (Lipinski definition) is 1. The molecule has 0 spiro atoms. The van der Waals surface area contributed by atoms with Crippen molar-refractivity contribution in [1.82, 2.24) is 8.87 Å². The van der Waals surface area contributed by atoms with Gasteiger partial charge in [-0.05, 0) is 38.0 Å². The molecule has 0 atom stereocenters. The molecule has 0 aliphatic carbocycles. The fourth-order valence-electron chi connectivity index (χ4n) is 3.48. The van der Waals surface area contributed by atoms with Crippen molar-refractivity contribution in [3.63, 3.8) is 0 Å². The van der Waals surface area contributed by atoms with E-state index in [1.54, 1.807) is 43.8 Å². The molecule has 3 rings (SSSR count). The van der Waals surface area contributed by atoms with E-state index >= 15 is 0 Å². The summed E-state index contributed by atoms with van der Waals surface area (Å²) in [6, 6.07) is 6.50. The van der Waals surface area contributed by atoms with Crippen LogP contribution < -0.4 is 14.8 Å². The van der Waals surface area contributed by atoms with Crippen molar-refractivity contribution in [3.8, 4) is 11.5 Å². The molecule has 1 saturated heterocycles. The number of anilines is 1. The maximum absolute atomic E-state index is 13.1. The van der Waals surface area contributed by atoms with Gasteiger partial charge in [-0.15, -0.1) is 0 Å². The van der Waals surface area contributed by atoms with Crippen LogP contribution in [0.5, 0.6) is 11.5 Å². The normalized spacial score (nSPS) is 15.2. The number of nitrogens with zero attached hydrogens (tertiary/aromatic N) is 2. The van der Waals surface area contributed by atoms with Gasteiger partial charge in [0.15, 0.2) is 0 Å². The number of carbonyl (C=O) groups excluding carboxylic acids is 1. The second kappa shape index (κ2) is 8.46. The number of aromatic nitrogens is 1. The van der Waals surface area contributed by atoms with Crippen LogP contribution >= 0.6 is 0 Å². The minimum Gasteiger partial charge on any atom is -0.497 e. The Labute approximate surface area is 171 Å². The van der Waals surface area contributed by atoms with Crippen molar-refractivity contribution in [2.45, 2.75) is 31.1 Å². The Morgan fingerprint density at radius 2 is 1.76 bits per heavy atom. The molecule has 2 heterocycles. The maximum Gasteiger partial charge on any atom is 0.272 e. The SMILES string of the molecule is COc1ccc(NC(=O)c2cc(S(=O)(=O)N3CCCCC3)c(C)n2C)c(OC)c1. The number of hydrogen-bond acceptors (Lipinski definition) is 5. The van der Waals surface area contributed by atoms with Gasteiger partial charge in [0.05, 0.1) is 19.9 Å². The number of carbonyl (C=O) groups is 1. The lowest BCUT2D eigenvalue weighted by molar-refractivity contribution is 0.101. The van der Waals surface area contributed by atoms with Gasteiger partial charge in [-0.2, -0.15) is 4.31 Å². The predicted molar refractivity (Wildman–Crippen MR) is 110 cm³/mol. The third-order valence-electron chi connectivity index (χ3n) is 5.31. The van der Waals surface area contributed by atoms with Gasteiger partial charge in [-0.1, -0.05) is 6.42 Å². The molecule has 1 aliphatic rings. The monoisotopic (exact) mass is 421 g/mol. The zero-order valence-corrected chi connectivity index (χ0v) is 18.0. The molecule has 0 saturated carbocycles. The Morgan fingerprint density at radius 1 is 1.07 bits per heavy atom. The Kier molecular flexibility index (Phi) is 6.18. The van der Waals surface area contributed by atoms with E-state index in [0.717, 1.165) is 19.3 Å². The molecule has 29 heavy (non-hydrogen) atoms. The molecule has 1 aromatic carbocycles. The summed E-state index contributed by atoms with van der Waals surface area (Å²) >= 11 is 0. The average molecular weight is 422 g/mol. The van der Waals surface area contributed by atoms with Crippen LogP contribution in [-0.4, -0.2) is 50.5 Å². The average Bonchev–Trinajstić information content (AvgIpc) is 3.04. The van der Waals surface area contributed by atoms with E-state index < -0.39 is 15.9 Å². The van der Waals surface area contributed by atoms with Crippen molar-refractivity contribution < 1.29 is 22.7 Å². The number of piperidine rings is 1. The van der Waals surface area contributed by atoms with Gasteiger partial charge in [-0.25, -0.2) is 8.42 Å². The van der Waals surface area contributed by atoms with Crippen molar-refractivity contribution in [2.24, 2.45) is 7.05 Å². The number of nitrogens with one attached hydrogen (secondary N) is 1. The van der Waals surface area contributed by atoms with Gasteiger partial charge in [0.2, 0.25) is 10.0 Å². The molecule has 1 amide bonds. The van der Waals surface area contributed by atoms with Crippen LogP contribution in [0.15, 0.2) is 29.2 Å². The molecule has 2 aromatic rings. The highest BCUT2D eigenvalue weighted by Crippen LogP contribution is 2.30. The topological polar surface area (TPSA) is 89.9 Å². The Bertz CT molecular complexity index is 1010. The lowest BCUT2D eigenvalue weighted by atomic mass is 10.2. The van der Waals surface area contributed by atoms with E-state index in [1.165, 1.54) is 17.5 Å². The summed E-state index contributed by atoms with van der Waals surface area (Å²) in [5, 5.41) is 2.79. The van der Waals surface area contributed by atoms with E-state index in [1.807, 2.05) is 0 Å². The summed E-state index contributed by atoms with van der Waals surface area (Å²) in [5.41, 5.74) is 1.26. The quantitative estimate of drug-likeness (QED) is 0.775. The molecule has 9 heteroatoms. The maximum atomic E-state index is 13.1. The number of methoxy groups -OCH3 is 2. The van der Waals surface area contributed by atoms with Crippen LogP contribution in [0.2, 0.25) is 0 Å². The van der Waals surface area contributed by atoms with Gasteiger partial charge in [0, 0.05) is 31.9 Å². The Hall–Kier alpha value is -2.52. The van der Waals surface area contributed by atoms with Crippen LogP contribution in [0, 0.1) is 6.92 Å². The van der Waals surface area contributed by atoms with E-state index in [-0.39, 0.29) is 10.6 Å². The number of sulfonamides is 1. The highest BCUT2D eigenvalue weighted by molar-refractivity contribution is 7.89. The Morgan fingerprint density at radius 3 is 2.38 bits per heavy atom. The number of ether oxygens (including phenoxy) is 2. The lowest BCUT2D eigenvalue weighted by Gasteiger charge is -2.25. The van der Waals surface area contributed by atoms with Crippen molar-refractivity contribution in [2.75, 3.05) is 32.6 Å². The highest BCUT2D eigenvalue weighted by Gasteiger charge is 2.31. The molecule has 8 nitrogen and oxygen atoms in total. The first kappa shape index (κ1) is 21.2. The van der Waals surface area contributed by atoms with Crippen LogP contribution in [0.4, 0.5) is 5.69 Å². The second-order valence-electron chi connectivity index (χ2n) is 7.02. The summed E-state index contributed by atoms with van der Waals surface area (Å²) in [4.78, 5) is 13.1. The molecule has 0 bridgehead atoms. The number of rotatable bonds is 6. The first-order valence-corrected chi connectivity index (χ1v) is 10.9. The van der Waals surface area contributed by atoms with Gasteiger partial charge in [0.25, 0.3) is 5.91 Å². The number of benzene rings is 1. The zero-order valence-electron chi connectivity index (χ0n) is 17.2. The molecular weight excluding hydrogens is 394 g/mol. The molecule has 0 radical (unpaired) electrons. The standard InChI is InChI=1S/C20H27N3O5S/c1-14-19(29(25,26)23-10-6-5-7-11-23)13-17(22(14)2)20(24)21-16-9-8-15(27-3)12-18(16)28-4/h8-9,12-13H,5-7,10-11H2,1-4H3,(H,21,24). The molecule has 1 fully saturated rings. The third kappa shape index (κ3) is 4.11. The van der Waals surface area contributed by atoms with Crippen LogP contribution in [0.25, 0.3) is 0 Å². The second-order valence-corrected chi connectivity index (χ2v) is 8.93. The van der Waals surface area contributed by atoms with Gasteiger partial charge < -0.3 is 19.4 Å². The van der Waals surface area contributed by atoms with Gasteiger partial charge >= 0.3 is 0 Å². The van der Waals surface area contributed by atoms with E-state index in [4.69, 9.17) is 9.47 Å². The van der Waals surface area contributed by atoms with Crippen LogP contribution in [0.3, 0.4) is 0 Å². The molecular formula is C20H27N3O5S. The fourth-order valence-corrected chi connectivity index (χ4v) is 5.27. The molecule has 0 unspecified atom stereocenters. The predicted octanol–water partition coefficient (Wildman–Crippen LogP) is 2.78. The zero-order chi connectivity index (χ0) is 21.2. The third-order valence-corrected chi connectivity index (χ3v) is 7.33. The van der Waals surface area contributed by atoms with Gasteiger partial charge in [-0.3, -0.25) is 4.79 Å². The molecule has 1 N–H and O–H groups in total. The van der Waals surface area contributed by atoms with Crippen molar-refractivity contribution >= 4 is 21.6 Å². The minimum absolute atomic E-state index is 0.175. The van der Waals surface area contributed by atoms with E-state index in [9.17, 15) is 13.2 Å². The van der Waals surface area contributed by atoms with Crippen LogP contribution in [-0.2, 0) is 17.1 Å². The molecule has 1 aromatic heterocycles. The molecule has 158 valence electrons. The highest BCUT2D eigenvalue weighted by atomic mass is 32.2. The van der Waals surface area contributed by atoms with Crippen molar-refractivity contribution in [1.29, 1.82) is 0 Å². The first-order chi connectivity index (χ1) is 13.8. The van der Waals surface area contributed by atoms with Crippen LogP contribution in [0.1, 0.15) is 35.4 Å². The molecule has 1 aliphatic heterocycles. The Balaban J connectivity index is 1.90. The minimum atomic E-state index is -3.63. The summed E-state index contributed by atoms with van der Waals surface area (Å²) in [6.07, 6.45) is 2.75. The number of amides is 1. The van der Waals surface area contributed by atoms with E-state index in [0.29, 0.717) is 36.0 Å². The first-order valence-electron chi connectivity index (χ1n) is 9.49.